The molecule has 2 heteroatoms. The predicted octanol–water partition coefficient (Wildman–Crippen LogP) is 14.2. The molecule has 0 amide bonds. The lowest BCUT2D eigenvalue weighted by molar-refractivity contribution is 0.677. The molecule has 4 aliphatic rings. The minimum Gasteiger partial charge on any atom is -0.353 e. The third-order valence-corrected chi connectivity index (χ3v) is 12.4. The summed E-state index contributed by atoms with van der Waals surface area (Å²) in [5.41, 5.74) is 19.9. The van der Waals surface area contributed by atoms with Gasteiger partial charge >= 0.3 is 0 Å². The molecule has 1 atom stereocenters. The lowest BCUT2D eigenvalue weighted by Gasteiger charge is -2.47. The molecule has 1 unspecified atom stereocenters. The minimum absolute atomic E-state index is 0.641. The summed E-state index contributed by atoms with van der Waals surface area (Å²) in [5, 5.41) is 2.41. The molecular weight excluding hydrogens is 689 g/mol. The Morgan fingerprint density at radius 2 is 1.02 bits per heavy atom. The van der Waals surface area contributed by atoms with Crippen LogP contribution in [0, 0.1) is 5.41 Å². The van der Waals surface area contributed by atoms with E-state index >= 15 is 0 Å². The summed E-state index contributed by atoms with van der Waals surface area (Å²) in [4.78, 5) is 6.58. The SMILES string of the molecule is C1=CC2(C3=Cc4ccccc4C3=C1)C1=Cc3ccccc3C1=CC=C2N(c1ccccc1-c1ccccc1)c1c(-c2ccccc2)ccc2c1[nH]c1ccccc12. The summed E-state index contributed by atoms with van der Waals surface area (Å²) in [6, 6.07) is 61.7. The first-order valence-electron chi connectivity index (χ1n) is 19.8. The minimum atomic E-state index is -0.641. The molecule has 0 saturated heterocycles. The van der Waals surface area contributed by atoms with Crippen molar-refractivity contribution in [3.05, 3.63) is 239 Å². The summed E-state index contributed by atoms with van der Waals surface area (Å²) in [6.45, 7) is 0. The Kier molecular flexibility index (Phi) is 6.88. The molecule has 266 valence electrons. The van der Waals surface area contributed by atoms with Crippen molar-refractivity contribution in [3.8, 4) is 22.3 Å². The number of para-hydroxylation sites is 2. The number of benzene rings is 7. The smallest absolute Gasteiger partial charge is 0.0803 e. The molecule has 1 heterocycles. The lowest BCUT2D eigenvalue weighted by Crippen LogP contribution is -2.37. The van der Waals surface area contributed by atoms with Gasteiger partial charge in [-0.3, -0.25) is 0 Å². The summed E-state index contributed by atoms with van der Waals surface area (Å²) in [7, 11) is 0. The highest BCUT2D eigenvalue weighted by molar-refractivity contribution is 6.16. The first kappa shape index (κ1) is 31.9. The quantitative estimate of drug-likeness (QED) is 0.187. The van der Waals surface area contributed by atoms with Crippen LogP contribution in [-0.4, -0.2) is 4.98 Å². The van der Waals surface area contributed by atoms with Gasteiger partial charge in [0.1, 0.15) is 0 Å². The summed E-state index contributed by atoms with van der Waals surface area (Å²) < 4.78 is 0. The van der Waals surface area contributed by atoms with Crippen molar-refractivity contribution in [1.82, 2.24) is 4.98 Å². The van der Waals surface area contributed by atoms with Gasteiger partial charge in [0.05, 0.1) is 22.3 Å². The van der Waals surface area contributed by atoms with Crippen molar-refractivity contribution in [2.75, 3.05) is 4.90 Å². The molecule has 57 heavy (non-hydrogen) atoms. The van der Waals surface area contributed by atoms with Crippen LogP contribution in [0.25, 0.3) is 67.4 Å². The highest BCUT2D eigenvalue weighted by Crippen LogP contribution is 2.64. The van der Waals surface area contributed by atoms with Crippen LogP contribution in [0.5, 0.6) is 0 Å². The van der Waals surface area contributed by atoms with E-state index < -0.39 is 5.41 Å². The van der Waals surface area contributed by atoms with Crippen LogP contribution >= 0.6 is 0 Å². The molecule has 1 spiro atoms. The number of aromatic amines is 1. The van der Waals surface area contributed by atoms with E-state index in [0.29, 0.717) is 0 Å². The van der Waals surface area contributed by atoms with Crippen molar-refractivity contribution < 1.29 is 0 Å². The molecule has 0 bridgehead atoms. The van der Waals surface area contributed by atoms with Gasteiger partial charge in [-0.25, -0.2) is 0 Å². The van der Waals surface area contributed by atoms with Gasteiger partial charge in [0, 0.05) is 33.1 Å². The third kappa shape index (κ3) is 4.59. The summed E-state index contributed by atoms with van der Waals surface area (Å²) in [6.07, 6.45) is 16.8. The second-order valence-corrected chi connectivity index (χ2v) is 15.3. The van der Waals surface area contributed by atoms with Gasteiger partial charge in [-0.15, -0.1) is 0 Å². The zero-order chi connectivity index (χ0) is 37.5. The van der Waals surface area contributed by atoms with Gasteiger partial charge in [0.25, 0.3) is 0 Å². The second kappa shape index (κ2) is 12.3. The lowest BCUT2D eigenvalue weighted by atomic mass is 9.63. The zero-order valence-corrected chi connectivity index (χ0v) is 31.2. The molecule has 4 aliphatic carbocycles. The van der Waals surface area contributed by atoms with E-state index in [-0.39, 0.29) is 0 Å². The van der Waals surface area contributed by atoms with Gasteiger partial charge in [-0.1, -0.05) is 182 Å². The molecule has 0 radical (unpaired) electrons. The van der Waals surface area contributed by atoms with Gasteiger partial charge in [0.2, 0.25) is 0 Å². The standard InChI is InChI=1S/C55H36N2/c1-3-16-36(17-4-1)42-24-12-14-28-51(42)57(54-43(37-18-5-2-6-19-37)29-30-47-46-25-11-13-27-50(46)56-53(47)54)52-32-31-45-41-23-10-8-21-39(41)35-49(45)55(52)33-15-26-44-40-22-9-7-20-38(40)34-48(44)55/h1-35,56H. The van der Waals surface area contributed by atoms with E-state index in [1.54, 1.807) is 0 Å². The molecule has 0 fully saturated rings. The van der Waals surface area contributed by atoms with Crippen molar-refractivity contribution in [2.45, 2.75) is 0 Å². The maximum Gasteiger partial charge on any atom is 0.0803 e. The zero-order valence-electron chi connectivity index (χ0n) is 31.2. The van der Waals surface area contributed by atoms with Crippen LogP contribution < -0.4 is 4.90 Å². The van der Waals surface area contributed by atoms with Crippen molar-refractivity contribution in [2.24, 2.45) is 5.41 Å². The van der Waals surface area contributed by atoms with Crippen molar-refractivity contribution in [3.63, 3.8) is 0 Å². The molecule has 2 nitrogen and oxygen atoms in total. The largest absolute Gasteiger partial charge is 0.353 e. The number of aromatic nitrogens is 1. The highest BCUT2D eigenvalue weighted by Gasteiger charge is 2.51. The number of allylic oxidation sites excluding steroid dienone is 7. The number of anilines is 2. The highest BCUT2D eigenvalue weighted by atomic mass is 15.2. The Hall–Kier alpha value is -7.42. The number of H-pyrrole nitrogens is 1. The van der Waals surface area contributed by atoms with Crippen LogP contribution in [0.2, 0.25) is 0 Å². The third-order valence-electron chi connectivity index (χ3n) is 12.4. The Morgan fingerprint density at radius 3 is 1.74 bits per heavy atom. The summed E-state index contributed by atoms with van der Waals surface area (Å²) >= 11 is 0. The topological polar surface area (TPSA) is 19.0 Å². The second-order valence-electron chi connectivity index (χ2n) is 15.3. The van der Waals surface area contributed by atoms with Gasteiger partial charge in [-0.05, 0) is 86.0 Å². The first-order valence-corrected chi connectivity index (χ1v) is 19.8. The fourth-order valence-corrected chi connectivity index (χ4v) is 9.91. The molecular formula is C55H36N2. The van der Waals surface area contributed by atoms with Gasteiger partial charge < -0.3 is 9.88 Å². The van der Waals surface area contributed by atoms with E-state index in [2.05, 4.69) is 222 Å². The number of hydrogen-bond acceptors (Lipinski definition) is 1. The maximum atomic E-state index is 3.97. The van der Waals surface area contributed by atoms with E-state index in [1.165, 1.54) is 72.1 Å². The monoisotopic (exact) mass is 724 g/mol. The molecule has 12 rings (SSSR count). The number of nitrogens with one attached hydrogen (secondary N) is 1. The average molecular weight is 725 g/mol. The molecule has 0 aliphatic heterocycles. The Morgan fingerprint density at radius 1 is 0.439 bits per heavy atom. The number of fused-ring (bicyclic) bond motifs is 11. The number of nitrogens with zero attached hydrogens (tertiary/aromatic N) is 1. The van der Waals surface area contributed by atoms with E-state index in [9.17, 15) is 0 Å². The maximum absolute atomic E-state index is 3.97. The molecule has 1 aromatic heterocycles. The molecule has 8 aromatic rings. The Bertz CT molecular complexity index is 3140. The molecule has 0 saturated carbocycles. The number of hydrogen-bond donors (Lipinski definition) is 1. The Labute approximate surface area is 332 Å². The van der Waals surface area contributed by atoms with Crippen molar-refractivity contribution >= 4 is 56.5 Å². The van der Waals surface area contributed by atoms with Gasteiger partial charge in [-0.2, -0.15) is 0 Å². The first-order chi connectivity index (χ1) is 28.3. The van der Waals surface area contributed by atoms with Crippen LogP contribution in [0.3, 0.4) is 0 Å². The fourth-order valence-electron chi connectivity index (χ4n) is 9.91. The normalized spacial score (nSPS) is 17.3. The average Bonchev–Trinajstić information content (AvgIpc) is 3.98. The van der Waals surface area contributed by atoms with Crippen LogP contribution in [0.1, 0.15) is 22.3 Å². The van der Waals surface area contributed by atoms with Gasteiger partial charge in [0.15, 0.2) is 0 Å². The molecule has 1 N–H and O–H groups in total. The van der Waals surface area contributed by atoms with Crippen LogP contribution in [-0.2, 0) is 0 Å². The molecule has 7 aromatic carbocycles. The van der Waals surface area contributed by atoms with E-state index in [0.717, 1.165) is 33.5 Å². The van der Waals surface area contributed by atoms with E-state index in [4.69, 9.17) is 0 Å². The predicted molar refractivity (Wildman–Crippen MR) is 240 cm³/mol. The fraction of sp³-hybridized carbons (Fsp3) is 0.0182. The van der Waals surface area contributed by atoms with Crippen LogP contribution in [0.4, 0.5) is 11.4 Å². The van der Waals surface area contributed by atoms with E-state index in [1.807, 2.05) is 0 Å². The van der Waals surface area contributed by atoms with Crippen LogP contribution in [0.15, 0.2) is 217 Å². The van der Waals surface area contributed by atoms with Crippen molar-refractivity contribution in [1.29, 1.82) is 0 Å². The number of rotatable bonds is 5. The summed E-state index contributed by atoms with van der Waals surface area (Å²) in [5.74, 6) is 0. The Balaban J connectivity index is 1.24.